The number of barbiturate groups is 1. The lowest BCUT2D eigenvalue weighted by Crippen LogP contribution is -2.54. The minimum atomic E-state index is -0.739. The molecule has 0 saturated carbocycles. The van der Waals surface area contributed by atoms with Gasteiger partial charge < -0.3 is 4.90 Å². The van der Waals surface area contributed by atoms with E-state index in [-0.39, 0.29) is 5.57 Å². The maximum Gasteiger partial charge on any atom is 0.335 e. The van der Waals surface area contributed by atoms with E-state index in [1.165, 1.54) is 6.08 Å². The van der Waals surface area contributed by atoms with Gasteiger partial charge in [0.15, 0.2) is 0 Å². The molecular weight excluding hydrogens is 366 g/mol. The van der Waals surface area contributed by atoms with Gasteiger partial charge in [0.1, 0.15) is 5.57 Å². The molecule has 0 aliphatic carbocycles. The highest BCUT2D eigenvalue weighted by atomic mass is 16.2. The van der Waals surface area contributed by atoms with Gasteiger partial charge in [-0.15, -0.1) is 0 Å². The summed E-state index contributed by atoms with van der Waals surface area (Å²) in [5.41, 5.74) is 3.20. The third-order valence-electron chi connectivity index (χ3n) is 5.15. The first kappa shape index (κ1) is 20.3. The Morgan fingerprint density at radius 1 is 1.00 bits per heavy atom. The van der Waals surface area contributed by atoms with Crippen molar-refractivity contribution in [1.29, 1.82) is 0 Å². The Bertz CT molecular complexity index is 960. The largest absolute Gasteiger partial charge is 0.378 e. The van der Waals surface area contributed by atoms with Crippen molar-refractivity contribution in [2.24, 2.45) is 0 Å². The Kier molecular flexibility index (Phi) is 5.82. The molecule has 0 aromatic heterocycles. The summed E-state index contributed by atoms with van der Waals surface area (Å²) in [6.45, 7) is 4.22. The van der Waals surface area contributed by atoms with Crippen LogP contribution in [0.25, 0.3) is 6.08 Å². The summed E-state index contributed by atoms with van der Waals surface area (Å²) in [5, 5.41) is 2.26. The number of benzene rings is 2. The Morgan fingerprint density at radius 3 is 2.17 bits per heavy atom. The molecule has 3 rings (SSSR count). The zero-order valence-electron chi connectivity index (χ0n) is 17.1. The number of nitrogens with zero attached hydrogens (tertiary/aromatic N) is 2. The Labute approximate surface area is 170 Å². The number of nitrogens with one attached hydrogen (secondary N) is 1. The van der Waals surface area contributed by atoms with Gasteiger partial charge in [0.05, 0.1) is 5.69 Å². The second-order valence-corrected chi connectivity index (χ2v) is 7.34. The van der Waals surface area contributed by atoms with Crippen molar-refractivity contribution in [3.8, 4) is 0 Å². The Morgan fingerprint density at radius 2 is 1.62 bits per heavy atom. The predicted molar refractivity (Wildman–Crippen MR) is 115 cm³/mol. The average molecular weight is 391 g/mol. The maximum absolute atomic E-state index is 13.0. The summed E-state index contributed by atoms with van der Waals surface area (Å²) in [5.74, 6) is -0.937. The fourth-order valence-electron chi connectivity index (χ4n) is 3.11. The molecule has 6 nitrogen and oxygen atoms in total. The first-order valence-corrected chi connectivity index (χ1v) is 9.60. The van der Waals surface area contributed by atoms with Gasteiger partial charge in [-0.2, -0.15) is 0 Å². The number of carbonyl (C=O) groups is 3. The quantitative estimate of drug-likeness (QED) is 0.619. The van der Waals surface area contributed by atoms with E-state index in [9.17, 15) is 14.4 Å². The number of hydrogen-bond donors (Lipinski definition) is 1. The van der Waals surface area contributed by atoms with Crippen LogP contribution < -0.4 is 15.1 Å². The van der Waals surface area contributed by atoms with Gasteiger partial charge in [0.2, 0.25) is 0 Å². The zero-order chi connectivity index (χ0) is 21.1. The summed E-state index contributed by atoms with van der Waals surface area (Å²) in [6, 6.07) is 14.0. The van der Waals surface area contributed by atoms with Gasteiger partial charge in [-0.1, -0.05) is 38.1 Å². The van der Waals surface area contributed by atoms with Gasteiger partial charge in [0, 0.05) is 19.8 Å². The van der Waals surface area contributed by atoms with Crippen LogP contribution in [0.2, 0.25) is 0 Å². The summed E-state index contributed by atoms with van der Waals surface area (Å²) in [7, 11) is 3.86. The molecule has 1 aliphatic heterocycles. The second kappa shape index (κ2) is 8.31. The number of anilines is 2. The smallest absolute Gasteiger partial charge is 0.335 e. The summed E-state index contributed by atoms with van der Waals surface area (Å²) in [4.78, 5) is 40.6. The van der Waals surface area contributed by atoms with Gasteiger partial charge >= 0.3 is 6.03 Å². The van der Waals surface area contributed by atoms with Gasteiger partial charge in [-0.3, -0.25) is 14.9 Å². The molecule has 2 aromatic carbocycles. The second-order valence-electron chi connectivity index (χ2n) is 7.34. The van der Waals surface area contributed by atoms with E-state index in [0.717, 1.165) is 22.6 Å². The Balaban J connectivity index is 1.91. The standard InChI is InChI=1S/C23H25N3O3/c1-5-15(2)17-8-12-19(13-9-17)26-22(28)20(21(27)24-23(26)29)14-16-6-10-18(11-7-16)25(3)4/h6-15H,5H2,1-4H3,(H,24,27,29)/b20-14+. The van der Waals surface area contributed by atoms with Crippen molar-refractivity contribution in [3.63, 3.8) is 0 Å². The predicted octanol–water partition coefficient (Wildman–Crippen LogP) is 3.93. The van der Waals surface area contributed by atoms with Crippen molar-refractivity contribution in [2.45, 2.75) is 26.2 Å². The van der Waals surface area contributed by atoms with Gasteiger partial charge in [-0.05, 0) is 53.8 Å². The highest BCUT2D eigenvalue weighted by Gasteiger charge is 2.36. The van der Waals surface area contributed by atoms with E-state index in [1.807, 2.05) is 55.4 Å². The molecule has 6 heteroatoms. The summed E-state index contributed by atoms with van der Waals surface area (Å²) in [6.07, 6.45) is 2.50. The molecule has 1 atom stereocenters. The fourth-order valence-corrected chi connectivity index (χ4v) is 3.11. The maximum atomic E-state index is 13.0. The summed E-state index contributed by atoms with van der Waals surface area (Å²) >= 11 is 0. The van der Waals surface area contributed by atoms with Crippen molar-refractivity contribution >= 4 is 35.3 Å². The topological polar surface area (TPSA) is 69.7 Å². The first-order chi connectivity index (χ1) is 13.8. The minimum Gasteiger partial charge on any atom is -0.378 e. The molecule has 2 aromatic rings. The van der Waals surface area contributed by atoms with E-state index in [2.05, 4.69) is 19.2 Å². The van der Waals surface area contributed by atoms with Crippen LogP contribution in [0.5, 0.6) is 0 Å². The summed E-state index contributed by atoms with van der Waals surface area (Å²) < 4.78 is 0. The van der Waals surface area contributed by atoms with E-state index in [4.69, 9.17) is 0 Å². The van der Waals surface area contributed by atoms with E-state index in [0.29, 0.717) is 17.2 Å². The van der Waals surface area contributed by atoms with Crippen LogP contribution in [0.3, 0.4) is 0 Å². The van der Waals surface area contributed by atoms with E-state index < -0.39 is 17.8 Å². The van der Waals surface area contributed by atoms with Crippen molar-refractivity contribution in [2.75, 3.05) is 23.9 Å². The molecule has 1 fully saturated rings. The third kappa shape index (κ3) is 4.21. The lowest BCUT2D eigenvalue weighted by atomic mass is 9.98. The molecule has 1 heterocycles. The average Bonchev–Trinajstić information content (AvgIpc) is 2.71. The van der Waals surface area contributed by atoms with Crippen LogP contribution in [0, 0.1) is 0 Å². The molecule has 150 valence electrons. The highest BCUT2D eigenvalue weighted by molar-refractivity contribution is 6.39. The number of carbonyl (C=O) groups excluding carboxylic acids is 3. The van der Waals surface area contributed by atoms with Crippen molar-refractivity contribution in [1.82, 2.24) is 5.32 Å². The molecule has 1 unspecified atom stereocenters. The minimum absolute atomic E-state index is 0.0757. The molecule has 29 heavy (non-hydrogen) atoms. The number of urea groups is 1. The molecule has 0 bridgehead atoms. The number of amides is 4. The SMILES string of the molecule is CCC(C)c1ccc(N2C(=O)NC(=O)/C(=C\c3ccc(N(C)C)cc3)C2=O)cc1. The molecule has 4 amide bonds. The Hall–Kier alpha value is -3.41. The molecule has 1 aliphatic rings. The monoisotopic (exact) mass is 391 g/mol. The number of rotatable bonds is 5. The van der Waals surface area contributed by atoms with Crippen LogP contribution in [0.1, 0.15) is 37.3 Å². The van der Waals surface area contributed by atoms with Crippen LogP contribution in [-0.2, 0) is 9.59 Å². The highest BCUT2D eigenvalue weighted by Crippen LogP contribution is 2.26. The van der Waals surface area contributed by atoms with Gasteiger partial charge in [-0.25, -0.2) is 9.69 Å². The normalized spacial score (nSPS) is 16.8. The molecule has 1 saturated heterocycles. The lowest BCUT2D eigenvalue weighted by molar-refractivity contribution is -0.122. The lowest BCUT2D eigenvalue weighted by Gasteiger charge is -2.26. The molecule has 1 N–H and O–H groups in total. The van der Waals surface area contributed by atoms with Crippen LogP contribution >= 0.6 is 0 Å². The van der Waals surface area contributed by atoms with Crippen LogP contribution in [-0.4, -0.2) is 31.9 Å². The third-order valence-corrected chi connectivity index (χ3v) is 5.15. The number of imide groups is 2. The van der Waals surface area contributed by atoms with E-state index >= 15 is 0 Å². The van der Waals surface area contributed by atoms with Crippen LogP contribution in [0.15, 0.2) is 54.1 Å². The number of hydrogen-bond acceptors (Lipinski definition) is 4. The van der Waals surface area contributed by atoms with Crippen molar-refractivity contribution in [3.05, 3.63) is 65.2 Å². The molecule has 0 spiro atoms. The zero-order valence-corrected chi connectivity index (χ0v) is 17.1. The van der Waals surface area contributed by atoms with Crippen molar-refractivity contribution < 1.29 is 14.4 Å². The van der Waals surface area contributed by atoms with Crippen LogP contribution in [0.4, 0.5) is 16.2 Å². The fraction of sp³-hybridized carbons (Fsp3) is 0.261. The van der Waals surface area contributed by atoms with Gasteiger partial charge in [0.25, 0.3) is 11.8 Å². The molecule has 0 radical (unpaired) electrons. The first-order valence-electron chi connectivity index (χ1n) is 9.60. The van der Waals surface area contributed by atoms with E-state index in [1.54, 1.807) is 12.1 Å². The molecular formula is C23H25N3O3.